The van der Waals surface area contributed by atoms with E-state index in [0.29, 0.717) is 0 Å². The van der Waals surface area contributed by atoms with Gasteiger partial charge in [-0.2, -0.15) is 0 Å². The average molecular weight is 202 g/mol. The summed E-state index contributed by atoms with van der Waals surface area (Å²) in [5, 5.41) is 0. The molecular weight excluding hydrogens is 192 g/mol. The van der Waals surface area contributed by atoms with Gasteiger partial charge in [0, 0.05) is 20.3 Å². The highest BCUT2D eigenvalue weighted by molar-refractivity contribution is 7.89. The van der Waals surface area contributed by atoms with E-state index in [1.54, 1.807) is 0 Å². The third-order valence-corrected chi connectivity index (χ3v) is 3.38. The largest absolute Gasteiger partial charge is 0.328 e. The van der Waals surface area contributed by atoms with Crippen molar-refractivity contribution in [2.75, 3.05) is 14.1 Å². The molecule has 1 aromatic rings. The van der Waals surface area contributed by atoms with Crippen LogP contribution in [0.1, 0.15) is 0 Å². The molecule has 5 nitrogen and oxygen atoms in total. The Kier molecular flexibility index (Phi) is 2.53. The number of hydrogen-bond acceptors (Lipinski definition) is 3. The molecule has 0 aliphatic rings. The van der Waals surface area contributed by atoms with Crippen molar-refractivity contribution in [3.8, 4) is 0 Å². The second-order valence-electron chi connectivity index (χ2n) is 2.65. The molecular formula is C7H10N2O3S. The molecule has 1 N–H and O–H groups in total. The van der Waals surface area contributed by atoms with Crippen LogP contribution in [-0.4, -0.2) is 31.8 Å². The van der Waals surface area contributed by atoms with Crippen molar-refractivity contribution < 1.29 is 8.42 Å². The van der Waals surface area contributed by atoms with Crippen molar-refractivity contribution in [3.63, 3.8) is 0 Å². The first-order chi connectivity index (χ1) is 5.96. The smallest absolute Gasteiger partial charge is 0.268 e. The zero-order valence-corrected chi connectivity index (χ0v) is 8.13. The van der Waals surface area contributed by atoms with E-state index in [1.807, 2.05) is 0 Å². The van der Waals surface area contributed by atoms with Gasteiger partial charge in [-0.3, -0.25) is 4.79 Å². The fraction of sp³-hybridized carbons (Fsp3) is 0.286. The Morgan fingerprint density at radius 1 is 1.38 bits per heavy atom. The van der Waals surface area contributed by atoms with Gasteiger partial charge in [-0.15, -0.1) is 0 Å². The minimum atomic E-state index is -3.62. The first-order valence-electron chi connectivity index (χ1n) is 3.56. The third kappa shape index (κ3) is 1.78. The molecule has 72 valence electrons. The predicted molar refractivity (Wildman–Crippen MR) is 47.9 cm³/mol. The Morgan fingerprint density at radius 3 is 2.46 bits per heavy atom. The molecule has 0 aliphatic carbocycles. The molecule has 0 saturated carbocycles. The molecule has 1 aromatic heterocycles. The monoisotopic (exact) mass is 202 g/mol. The van der Waals surface area contributed by atoms with E-state index in [1.165, 1.54) is 32.4 Å². The van der Waals surface area contributed by atoms with Gasteiger partial charge in [0.15, 0.2) is 0 Å². The molecule has 0 saturated heterocycles. The zero-order chi connectivity index (χ0) is 10.1. The van der Waals surface area contributed by atoms with E-state index in [-0.39, 0.29) is 4.90 Å². The molecule has 0 bridgehead atoms. The second kappa shape index (κ2) is 3.31. The van der Waals surface area contributed by atoms with Gasteiger partial charge < -0.3 is 4.98 Å². The first kappa shape index (κ1) is 9.94. The minimum absolute atomic E-state index is 0.236. The maximum absolute atomic E-state index is 11.5. The van der Waals surface area contributed by atoms with Crippen molar-refractivity contribution in [3.05, 3.63) is 28.7 Å². The standard InChI is InChI=1S/C7H10N2O3S/c1-9(2)13(11,12)6-4-3-5-8-7(6)10/h3-5H,1-2H3,(H,8,10). The topological polar surface area (TPSA) is 70.2 Å². The van der Waals surface area contributed by atoms with E-state index in [2.05, 4.69) is 4.98 Å². The number of pyridine rings is 1. The van der Waals surface area contributed by atoms with Gasteiger partial charge in [0.05, 0.1) is 0 Å². The summed E-state index contributed by atoms with van der Waals surface area (Å²) >= 11 is 0. The SMILES string of the molecule is CN(C)S(=O)(=O)c1ccc[nH]c1=O. The van der Waals surface area contributed by atoms with Crippen LogP contribution >= 0.6 is 0 Å². The van der Waals surface area contributed by atoms with E-state index in [0.717, 1.165) is 4.31 Å². The van der Waals surface area contributed by atoms with Crippen molar-refractivity contribution in [1.29, 1.82) is 0 Å². The Hall–Kier alpha value is -1.14. The summed E-state index contributed by atoms with van der Waals surface area (Å²) in [6.45, 7) is 0. The molecule has 0 amide bonds. The summed E-state index contributed by atoms with van der Waals surface area (Å²) in [6.07, 6.45) is 1.39. The molecule has 1 heterocycles. The lowest BCUT2D eigenvalue weighted by Crippen LogP contribution is -2.28. The highest BCUT2D eigenvalue weighted by atomic mass is 32.2. The Morgan fingerprint density at radius 2 is 2.00 bits per heavy atom. The first-order valence-corrected chi connectivity index (χ1v) is 5.00. The number of H-pyrrole nitrogens is 1. The number of sulfonamides is 1. The van der Waals surface area contributed by atoms with Crippen LogP contribution in [-0.2, 0) is 10.0 Å². The fourth-order valence-electron chi connectivity index (χ4n) is 0.806. The Balaban J connectivity index is 3.41. The third-order valence-electron chi connectivity index (χ3n) is 1.54. The highest BCUT2D eigenvalue weighted by Gasteiger charge is 2.19. The lowest BCUT2D eigenvalue weighted by atomic mass is 10.5. The molecule has 0 radical (unpaired) electrons. The lowest BCUT2D eigenvalue weighted by Gasteiger charge is -2.09. The van der Waals surface area contributed by atoms with Crippen molar-refractivity contribution >= 4 is 10.0 Å². The molecule has 6 heteroatoms. The van der Waals surface area contributed by atoms with Crippen LogP contribution in [0.2, 0.25) is 0 Å². The lowest BCUT2D eigenvalue weighted by molar-refractivity contribution is 0.519. The van der Waals surface area contributed by atoms with E-state index < -0.39 is 15.6 Å². The van der Waals surface area contributed by atoms with Crippen LogP contribution in [0, 0.1) is 0 Å². The van der Waals surface area contributed by atoms with Gasteiger partial charge in [-0.1, -0.05) is 0 Å². The van der Waals surface area contributed by atoms with Crippen LogP contribution in [0.25, 0.3) is 0 Å². The molecule has 0 unspecified atom stereocenters. The Labute approximate surface area is 76.1 Å². The summed E-state index contributed by atoms with van der Waals surface area (Å²) in [4.78, 5) is 13.2. The van der Waals surface area contributed by atoms with Crippen LogP contribution < -0.4 is 5.56 Å². The fourth-order valence-corrected chi connectivity index (χ4v) is 1.74. The van der Waals surface area contributed by atoms with Gasteiger partial charge in [0.2, 0.25) is 10.0 Å². The molecule has 13 heavy (non-hydrogen) atoms. The van der Waals surface area contributed by atoms with Gasteiger partial charge in [0.1, 0.15) is 4.90 Å². The summed E-state index contributed by atoms with van der Waals surface area (Å²) in [5.41, 5.74) is -0.601. The maximum Gasteiger partial charge on any atom is 0.268 e. The molecule has 0 atom stereocenters. The normalized spacial score (nSPS) is 11.9. The van der Waals surface area contributed by atoms with Crippen molar-refractivity contribution in [2.45, 2.75) is 4.90 Å². The maximum atomic E-state index is 11.5. The number of hydrogen-bond donors (Lipinski definition) is 1. The van der Waals surface area contributed by atoms with Crippen molar-refractivity contribution in [1.82, 2.24) is 9.29 Å². The van der Waals surface area contributed by atoms with Gasteiger partial charge >= 0.3 is 0 Å². The number of rotatable bonds is 2. The highest BCUT2D eigenvalue weighted by Crippen LogP contribution is 2.05. The van der Waals surface area contributed by atoms with Gasteiger partial charge in [-0.25, -0.2) is 12.7 Å². The zero-order valence-electron chi connectivity index (χ0n) is 7.31. The second-order valence-corrected chi connectivity index (χ2v) is 4.77. The summed E-state index contributed by atoms with van der Waals surface area (Å²) in [5.74, 6) is 0. The number of aromatic amines is 1. The molecule has 0 aliphatic heterocycles. The molecule has 1 rings (SSSR count). The van der Waals surface area contributed by atoms with E-state index in [9.17, 15) is 13.2 Å². The quantitative estimate of drug-likeness (QED) is 0.711. The van der Waals surface area contributed by atoms with Crippen LogP contribution in [0.4, 0.5) is 0 Å². The molecule has 0 fully saturated rings. The summed E-state index contributed by atoms with van der Waals surface area (Å²) in [7, 11) is -0.864. The van der Waals surface area contributed by atoms with Crippen LogP contribution in [0.5, 0.6) is 0 Å². The molecule has 0 aromatic carbocycles. The van der Waals surface area contributed by atoms with E-state index >= 15 is 0 Å². The Bertz CT molecular complexity index is 447. The number of nitrogens with zero attached hydrogens (tertiary/aromatic N) is 1. The summed E-state index contributed by atoms with van der Waals surface area (Å²) in [6, 6.07) is 2.74. The van der Waals surface area contributed by atoms with Crippen LogP contribution in [0.3, 0.4) is 0 Å². The van der Waals surface area contributed by atoms with Crippen LogP contribution in [0.15, 0.2) is 28.0 Å². The van der Waals surface area contributed by atoms with Crippen molar-refractivity contribution in [2.24, 2.45) is 0 Å². The van der Waals surface area contributed by atoms with E-state index in [4.69, 9.17) is 0 Å². The van der Waals surface area contributed by atoms with Gasteiger partial charge in [-0.05, 0) is 12.1 Å². The minimum Gasteiger partial charge on any atom is -0.328 e. The van der Waals surface area contributed by atoms with Gasteiger partial charge in [0.25, 0.3) is 5.56 Å². The number of nitrogens with one attached hydrogen (secondary N) is 1. The summed E-state index contributed by atoms with van der Waals surface area (Å²) < 4.78 is 23.9. The average Bonchev–Trinajstić information content (AvgIpc) is 2.04. The number of aromatic nitrogens is 1. The molecule has 0 spiro atoms. The predicted octanol–water partition coefficient (Wildman–Crippen LogP) is -0.375.